The number of rotatable bonds is 1. The lowest BCUT2D eigenvalue weighted by molar-refractivity contribution is -0.138. The Hall–Kier alpha value is -0.220. The lowest BCUT2D eigenvalue weighted by atomic mass is 10.1. The van der Waals surface area contributed by atoms with Crippen LogP contribution in [0.4, 0.5) is 8.78 Å². The lowest BCUT2D eigenvalue weighted by Crippen LogP contribution is -2.39. The van der Waals surface area contributed by atoms with Gasteiger partial charge in [-0.15, -0.1) is 0 Å². The number of hydrogen-bond donors (Lipinski definition) is 1. The maximum absolute atomic E-state index is 11.9. The summed E-state index contributed by atoms with van der Waals surface area (Å²) < 4.78 is 28.4. The van der Waals surface area contributed by atoms with Crippen molar-refractivity contribution in [3.05, 3.63) is 0 Å². The van der Waals surface area contributed by atoms with E-state index in [9.17, 15) is 8.78 Å². The van der Waals surface area contributed by atoms with Crippen LogP contribution in [0.25, 0.3) is 0 Å². The molecule has 0 amide bonds. The molecule has 0 bridgehead atoms. The zero-order chi connectivity index (χ0) is 7.56. The van der Waals surface area contributed by atoms with Crippen molar-refractivity contribution in [2.45, 2.75) is 31.5 Å². The molecule has 1 saturated heterocycles. The van der Waals surface area contributed by atoms with E-state index in [4.69, 9.17) is 5.11 Å². The molecule has 2 atom stereocenters. The Labute approximate surface area is 57.8 Å². The Morgan fingerprint density at radius 2 is 2.20 bits per heavy atom. The van der Waals surface area contributed by atoms with Crippen LogP contribution in [0, 0.1) is 0 Å². The van der Waals surface area contributed by atoms with E-state index in [1.807, 2.05) is 0 Å². The summed E-state index contributed by atoms with van der Waals surface area (Å²) in [7, 11) is 0. The first kappa shape index (κ1) is 7.88. The molecule has 60 valence electrons. The fraction of sp³-hybridized carbons (Fsp3) is 1.00. The minimum absolute atomic E-state index is 0.339. The van der Waals surface area contributed by atoms with Gasteiger partial charge in [0, 0.05) is 6.61 Å². The number of hydrogen-bond acceptors (Lipinski definition) is 2. The maximum atomic E-state index is 11.9. The summed E-state index contributed by atoms with van der Waals surface area (Å²) in [5.74, 6) is 0. The molecule has 0 radical (unpaired) electrons. The molecule has 4 heteroatoms. The summed E-state index contributed by atoms with van der Waals surface area (Å²) in [6.45, 7) is 0.339. The largest absolute Gasteiger partial charge is 0.390 e. The summed E-state index contributed by atoms with van der Waals surface area (Å²) in [6, 6.07) is 0. The molecule has 1 aliphatic rings. The topological polar surface area (TPSA) is 29.5 Å². The first-order valence-electron chi connectivity index (χ1n) is 3.29. The van der Waals surface area contributed by atoms with Crippen molar-refractivity contribution in [3.8, 4) is 0 Å². The van der Waals surface area contributed by atoms with Crippen LogP contribution in [-0.2, 0) is 4.74 Å². The summed E-state index contributed by atoms with van der Waals surface area (Å²) in [6.07, 6.45) is -3.70. The van der Waals surface area contributed by atoms with Crippen molar-refractivity contribution in [2.75, 3.05) is 6.61 Å². The molecule has 10 heavy (non-hydrogen) atoms. The van der Waals surface area contributed by atoms with Gasteiger partial charge >= 0.3 is 0 Å². The molecular weight excluding hydrogens is 142 g/mol. The quantitative estimate of drug-likeness (QED) is 0.602. The molecule has 1 aliphatic heterocycles. The highest BCUT2D eigenvalue weighted by molar-refractivity contribution is 4.74. The first-order valence-corrected chi connectivity index (χ1v) is 3.29. The van der Waals surface area contributed by atoms with E-state index in [-0.39, 0.29) is 0 Å². The van der Waals surface area contributed by atoms with Gasteiger partial charge in [0.25, 0.3) is 6.43 Å². The molecule has 2 unspecified atom stereocenters. The van der Waals surface area contributed by atoms with E-state index in [1.165, 1.54) is 0 Å². The molecule has 1 N–H and O–H groups in total. The van der Waals surface area contributed by atoms with Gasteiger partial charge in [0.15, 0.2) is 0 Å². The minimum atomic E-state index is -2.56. The zero-order valence-corrected chi connectivity index (χ0v) is 5.46. The zero-order valence-electron chi connectivity index (χ0n) is 5.46. The Kier molecular flexibility index (Phi) is 2.56. The first-order chi connectivity index (χ1) is 4.72. The molecule has 0 aromatic heterocycles. The maximum Gasteiger partial charge on any atom is 0.266 e. The van der Waals surface area contributed by atoms with E-state index in [1.54, 1.807) is 0 Å². The van der Waals surface area contributed by atoms with Gasteiger partial charge in [0.05, 0.1) is 6.10 Å². The minimum Gasteiger partial charge on any atom is -0.390 e. The molecule has 1 fully saturated rings. The number of ether oxygens (including phenoxy) is 1. The van der Waals surface area contributed by atoms with Crippen LogP contribution in [0.1, 0.15) is 12.8 Å². The van der Waals surface area contributed by atoms with Crippen molar-refractivity contribution in [1.82, 2.24) is 0 Å². The van der Waals surface area contributed by atoms with Crippen LogP contribution in [0.15, 0.2) is 0 Å². The monoisotopic (exact) mass is 152 g/mol. The standard InChI is InChI=1S/C6H10F2O2/c7-6(8)5-4(9)2-1-3-10-5/h4-6,9H,1-3H2. The van der Waals surface area contributed by atoms with E-state index >= 15 is 0 Å². The summed E-state index contributed by atoms with van der Waals surface area (Å²) >= 11 is 0. The predicted octanol–water partition coefficient (Wildman–Crippen LogP) is 0.791. The number of aliphatic hydroxyl groups is 1. The Morgan fingerprint density at radius 3 is 2.60 bits per heavy atom. The van der Waals surface area contributed by atoms with Crippen LogP contribution in [0.5, 0.6) is 0 Å². The SMILES string of the molecule is OC1CCCOC1C(F)F. The van der Waals surface area contributed by atoms with Gasteiger partial charge in [-0.1, -0.05) is 0 Å². The van der Waals surface area contributed by atoms with Crippen LogP contribution >= 0.6 is 0 Å². The van der Waals surface area contributed by atoms with Crippen LogP contribution in [0.3, 0.4) is 0 Å². The second kappa shape index (κ2) is 3.25. The van der Waals surface area contributed by atoms with E-state index < -0.39 is 18.6 Å². The van der Waals surface area contributed by atoms with Gasteiger partial charge in [0.2, 0.25) is 0 Å². The van der Waals surface area contributed by atoms with Gasteiger partial charge in [-0.25, -0.2) is 8.78 Å². The Morgan fingerprint density at radius 1 is 1.50 bits per heavy atom. The highest BCUT2D eigenvalue weighted by atomic mass is 19.3. The Bertz CT molecular complexity index is 108. The third kappa shape index (κ3) is 1.64. The van der Waals surface area contributed by atoms with E-state index in [0.717, 1.165) is 0 Å². The van der Waals surface area contributed by atoms with E-state index in [2.05, 4.69) is 4.74 Å². The molecule has 0 aliphatic carbocycles. The second-order valence-corrected chi connectivity index (χ2v) is 2.38. The van der Waals surface area contributed by atoms with Gasteiger partial charge in [-0.2, -0.15) is 0 Å². The molecule has 0 spiro atoms. The fourth-order valence-electron chi connectivity index (χ4n) is 1.03. The van der Waals surface area contributed by atoms with Crippen LogP contribution in [-0.4, -0.2) is 30.3 Å². The van der Waals surface area contributed by atoms with Gasteiger partial charge in [-0.3, -0.25) is 0 Å². The second-order valence-electron chi connectivity index (χ2n) is 2.38. The average molecular weight is 152 g/mol. The molecule has 0 saturated carbocycles. The van der Waals surface area contributed by atoms with Crippen molar-refractivity contribution in [3.63, 3.8) is 0 Å². The van der Waals surface area contributed by atoms with E-state index in [0.29, 0.717) is 19.4 Å². The smallest absolute Gasteiger partial charge is 0.266 e. The number of aliphatic hydroxyl groups excluding tert-OH is 1. The summed E-state index contributed by atoms with van der Waals surface area (Å²) in [4.78, 5) is 0. The van der Waals surface area contributed by atoms with Gasteiger partial charge in [0.1, 0.15) is 6.10 Å². The average Bonchev–Trinajstić information content (AvgIpc) is 1.88. The third-order valence-electron chi connectivity index (χ3n) is 1.58. The normalized spacial score (nSPS) is 34.8. The molecule has 0 aromatic rings. The molecular formula is C6H10F2O2. The van der Waals surface area contributed by atoms with Crippen molar-refractivity contribution >= 4 is 0 Å². The summed E-state index contributed by atoms with van der Waals surface area (Å²) in [5, 5.41) is 8.93. The third-order valence-corrected chi connectivity index (χ3v) is 1.58. The van der Waals surface area contributed by atoms with Gasteiger partial charge < -0.3 is 9.84 Å². The Balaban J connectivity index is 2.40. The lowest BCUT2D eigenvalue weighted by Gasteiger charge is -2.26. The van der Waals surface area contributed by atoms with Gasteiger partial charge in [-0.05, 0) is 12.8 Å². The van der Waals surface area contributed by atoms with Crippen LogP contribution in [0.2, 0.25) is 0 Å². The highest BCUT2D eigenvalue weighted by Gasteiger charge is 2.31. The number of alkyl halides is 2. The van der Waals surface area contributed by atoms with Crippen LogP contribution < -0.4 is 0 Å². The molecule has 1 rings (SSSR count). The predicted molar refractivity (Wildman–Crippen MR) is 31.0 cm³/mol. The highest BCUT2D eigenvalue weighted by Crippen LogP contribution is 2.18. The van der Waals surface area contributed by atoms with Crippen molar-refractivity contribution in [2.24, 2.45) is 0 Å². The molecule has 2 nitrogen and oxygen atoms in total. The number of halogens is 2. The fourth-order valence-corrected chi connectivity index (χ4v) is 1.03. The summed E-state index contributed by atoms with van der Waals surface area (Å²) in [5.41, 5.74) is 0. The van der Waals surface area contributed by atoms with Crippen molar-refractivity contribution < 1.29 is 18.6 Å². The molecule has 1 heterocycles. The molecule has 0 aromatic carbocycles. The van der Waals surface area contributed by atoms with Crippen molar-refractivity contribution in [1.29, 1.82) is 0 Å².